The van der Waals surface area contributed by atoms with Crippen LogP contribution in [0.5, 0.6) is 0 Å². The highest BCUT2D eigenvalue weighted by atomic mass is 32.2. The molecular formula is C20H21N5O3S. The van der Waals surface area contributed by atoms with Gasteiger partial charge in [-0.15, -0.1) is 0 Å². The Balaban J connectivity index is 1.67. The fourth-order valence-corrected chi connectivity index (χ4v) is 4.55. The quantitative estimate of drug-likeness (QED) is 0.526. The molecule has 4 aromatic rings. The van der Waals surface area contributed by atoms with Gasteiger partial charge in [0, 0.05) is 24.8 Å². The van der Waals surface area contributed by atoms with Crippen molar-refractivity contribution in [2.75, 3.05) is 7.05 Å². The van der Waals surface area contributed by atoms with Crippen LogP contribution < -0.4 is 5.69 Å². The van der Waals surface area contributed by atoms with E-state index in [1.54, 1.807) is 6.07 Å². The second kappa shape index (κ2) is 7.02. The van der Waals surface area contributed by atoms with Crippen LogP contribution in [0.25, 0.3) is 16.7 Å². The number of H-pyrrole nitrogens is 2. The Hall–Kier alpha value is -3.17. The number of aryl methyl sites for hydroxylation is 1. The Bertz CT molecular complexity index is 1350. The van der Waals surface area contributed by atoms with Gasteiger partial charge in [-0.3, -0.25) is 0 Å². The first kappa shape index (κ1) is 19.2. The number of nitrogens with one attached hydrogen (secondary N) is 2. The predicted octanol–water partition coefficient (Wildman–Crippen LogP) is 2.48. The molecular weight excluding hydrogens is 390 g/mol. The van der Waals surface area contributed by atoms with Crippen molar-refractivity contribution in [3.8, 4) is 5.69 Å². The molecule has 2 heterocycles. The molecule has 2 aromatic heterocycles. The molecule has 0 saturated heterocycles. The van der Waals surface area contributed by atoms with Gasteiger partial charge in [-0.05, 0) is 44.2 Å². The minimum atomic E-state index is -3.75. The summed E-state index contributed by atoms with van der Waals surface area (Å²) in [4.78, 5) is 16.8. The normalized spacial score (nSPS) is 12.1. The summed E-state index contributed by atoms with van der Waals surface area (Å²) in [5.74, 6) is 0. The van der Waals surface area contributed by atoms with Crippen LogP contribution in [0.15, 0.2) is 58.2 Å². The standard InChI is InChI=1S/C20H21N5O3S/c1-13-17(14(2)25(23-13)15-7-5-4-6-8-15)12-24(3)29(27,28)16-9-10-18-19(11-16)22-20(26)21-18/h4-11H,12H2,1-3H3,(H2,21,22,26). The van der Waals surface area contributed by atoms with Crippen molar-refractivity contribution >= 4 is 21.1 Å². The SMILES string of the molecule is Cc1nn(-c2ccccc2)c(C)c1CN(C)S(=O)(=O)c1ccc2[nH]c(=O)[nH]c2c1. The molecule has 0 saturated carbocycles. The maximum atomic E-state index is 13.1. The molecule has 0 radical (unpaired) electrons. The first-order valence-electron chi connectivity index (χ1n) is 9.06. The van der Waals surface area contributed by atoms with Gasteiger partial charge in [0.2, 0.25) is 10.0 Å². The van der Waals surface area contributed by atoms with E-state index >= 15 is 0 Å². The lowest BCUT2D eigenvalue weighted by molar-refractivity contribution is 0.465. The Morgan fingerprint density at radius 1 is 1.03 bits per heavy atom. The molecule has 0 atom stereocenters. The third-order valence-electron chi connectivity index (χ3n) is 5.02. The number of aromatic amines is 2. The summed E-state index contributed by atoms with van der Waals surface area (Å²) in [5.41, 5.74) is 4.09. The van der Waals surface area contributed by atoms with Crippen molar-refractivity contribution in [1.29, 1.82) is 0 Å². The first-order chi connectivity index (χ1) is 13.8. The van der Waals surface area contributed by atoms with Gasteiger partial charge >= 0.3 is 5.69 Å². The maximum absolute atomic E-state index is 13.1. The van der Waals surface area contributed by atoms with Gasteiger partial charge in [-0.1, -0.05) is 18.2 Å². The lowest BCUT2D eigenvalue weighted by Gasteiger charge is -2.17. The van der Waals surface area contributed by atoms with Crippen LogP contribution >= 0.6 is 0 Å². The zero-order chi connectivity index (χ0) is 20.8. The van der Waals surface area contributed by atoms with Crippen molar-refractivity contribution in [3.63, 3.8) is 0 Å². The molecule has 2 aromatic carbocycles. The summed E-state index contributed by atoms with van der Waals surface area (Å²) < 4.78 is 29.3. The molecule has 0 spiro atoms. The van der Waals surface area contributed by atoms with E-state index in [4.69, 9.17) is 0 Å². The van der Waals surface area contributed by atoms with Crippen LogP contribution in [-0.4, -0.2) is 39.5 Å². The molecule has 29 heavy (non-hydrogen) atoms. The molecule has 0 amide bonds. The van der Waals surface area contributed by atoms with Crippen LogP contribution in [0, 0.1) is 13.8 Å². The summed E-state index contributed by atoms with van der Waals surface area (Å²) in [6.45, 7) is 3.99. The van der Waals surface area contributed by atoms with Gasteiger partial charge in [-0.2, -0.15) is 9.40 Å². The molecule has 0 aliphatic heterocycles. The van der Waals surface area contributed by atoms with Crippen molar-refractivity contribution < 1.29 is 8.42 Å². The molecule has 2 N–H and O–H groups in total. The van der Waals surface area contributed by atoms with Gasteiger partial charge in [0.15, 0.2) is 0 Å². The molecule has 0 aliphatic rings. The zero-order valence-corrected chi connectivity index (χ0v) is 17.1. The summed E-state index contributed by atoms with van der Waals surface area (Å²) in [7, 11) is -2.21. The Kier molecular flexibility index (Phi) is 4.64. The molecule has 0 unspecified atom stereocenters. The van der Waals surface area contributed by atoms with Crippen molar-refractivity contribution in [1.82, 2.24) is 24.1 Å². The minimum Gasteiger partial charge on any atom is -0.306 e. The maximum Gasteiger partial charge on any atom is 0.323 e. The minimum absolute atomic E-state index is 0.119. The van der Waals surface area contributed by atoms with Gasteiger partial charge in [-0.25, -0.2) is 17.9 Å². The number of para-hydroxylation sites is 1. The second-order valence-corrected chi connectivity index (χ2v) is 8.99. The predicted molar refractivity (Wildman–Crippen MR) is 111 cm³/mol. The molecule has 0 aliphatic carbocycles. The molecule has 0 bridgehead atoms. The summed E-state index contributed by atoms with van der Waals surface area (Å²) >= 11 is 0. The number of nitrogens with zero attached hydrogens (tertiary/aromatic N) is 3. The highest BCUT2D eigenvalue weighted by molar-refractivity contribution is 7.89. The van der Waals surface area contributed by atoms with Crippen molar-refractivity contribution in [2.24, 2.45) is 0 Å². The highest BCUT2D eigenvalue weighted by Gasteiger charge is 2.24. The summed E-state index contributed by atoms with van der Waals surface area (Å²) in [6, 6.07) is 14.3. The zero-order valence-electron chi connectivity index (χ0n) is 16.3. The van der Waals surface area contributed by atoms with Crippen molar-refractivity contribution in [3.05, 3.63) is 76.0 Å². The van der Waals surface area contributed by atoms with E-state index < -0.39 is 10.0 Å². The largest absolute Gasteiger partial charge is 0.323 e. The van der Waals surface area contributed by atoms with Crippen LogP contribution in [0.4, 0.5) is 0 Å². The molecule has 9 heteroatoms. The number of fused-ring (bicyclic) bond motifs is 1. The average molecular weight is 411 g/mol. The number of hydrogen-bond acceptors (Lipinski definition) is 4. The van der Waals surface area contributed by atoms with Gasteiger partial charge in [0.1, 0.15) is 0 Å². The van der Waals surface area contributed by atoms with Gasteiger partial charge in [0.05, 0.1) is 27.3 Å². The van der Waals surface area contributed by atoms with E-state index in [1.807, 2.05) is 48.9 Å². The lowest BCUT2D eigenvalue weighted by Crippen LogP contribution is -2.27. The van der Waals surface area contributed by atoms with E-state index in [2.05, 4.69) is 15.1 Å². The number of sulfonamides is 1. The fraction of sp³-hybridized carbons (Fsp3) is 0.200. The number of benzene rings is 2. The van der Waals surface area contributed by atoms with Crippen LogP contribution in [0.2, 0.25) is 0 Å². The van der Waals surface area contributed by atoms with Crippen LogP contribution in [-0.2, 0) is 16.6 Å². The second-order valence-electron chi connectivity index (χ2n) is 6.94. The Morgan fingerprint density at radius 2 is 1.72 bits per heavy atom. The van der Waals surface area contributed by atoms with E-state index in [9.17, 15) is 13.2 Å². The fourth-order valence-electron chi connectivity index (χ4n) is 3.38. The summed E-state index contributed by atoms with van der Waals surface area (Å²) in [6.07, 6.45) is 0. The van der Waals surface area contributed by atoms with Crippen LogP contribution in [0.3, 0.4) is 0 Å². The van der Waals surface area contributed by atoms with Crippen molar-refractivity contribution in [2.45, 2.75) is 25.3 Å². The Labute approximate surface area is 167 Å². The monoisotopic (exact) mass is 411 g/mol. The van der Waals surface area contributed by atoms with E-state index in [0.29, 0.717) is 11.0 Å². The molecule has 0 fully saturated rings. The molecule has 150 valence electrons. The third-order valence-corrected chi connectivity index (χ3v) is 6.82. The Morgan fingerprint density at radius 3 is 2.45 bits per heavy atom. The van der Waals surface area contributed by atoms with E-state index in [-0.39, 0.29) is 17.1 Å². The number of aromatic nitrogens is 4. The number of imidazole rings is 1. The van der Waals surface area contributed by atoms with Gasteiger partial charge < -0.3 is 9.97 Å². The number of hydrogen-bond donors (Lipinski definition) is 2. The topological polar surface area (TPSA) is 104 Å². The average Bonchev–Trinajstić information content (AvgIpc) is 3.21. The highest BCUT2D eigenvalue weighted by Crippen LogP contribution is 2.23. The van der Waals surface area contributed by atoms with Gasteiger partial charge in [0.25, 0.3) is 0 Å². The number of rotatable bonds is 5. The first-order valence-corrected chi connectivity index (χ1v) is 10.5. The van der Waals surface area contributed by atoms with Crippen LogP contribution in [0.1, 0.15) is 17.0 Å². The van der Waals surface area contributed by atoms with E-state index in [1.165, 1.54) is 23.5 Å². The smallest absolute Gasteiger partial charge is 0.306 e. The summed E-state index contributed by atoms with van der Waals surface area (Å²) in [5, 5.41) is 4.58. The third kappa shape index (κ3) is 3.39. The van der Waals surface area contributed by atoms with E-state index in [0.717, 1.165) is 22.6 Å². The molecule has 8 nitrogen and oxygen atoms in total. The lowest BCUT2D eigenvalue weighted by atomic mass is 10.2. The molecule has 4 rings (SSSR count).